The number of amides is 1. The third-order valence-electron chi connectivity index (χ3n) is 2.22. The second kappa shape index (κ2) is 5.66. The van der Waals surface area contributed by atoms with Crippen LogP contribution >= 0.6 is 0 Å². The Hall–Kier alpha value is -1.48. The topological polar surface area (TPSA) is 117 Å². The predicted octanol–water partition coefficient (Wildman–Crippen LogP) is -0.575. The number of aryl methyl sites for hydroxylation is 1. The molecule has 108 valence electrons. The monoisotopic (exact) mass is 289 g/mol. The Kier molecular flexibility index (Phi) is 4.64. The van der Waals surface area contributed by atoms with Gasteiger partial charge in [0.05, 0.1) is 6.26 Å². The van der Waals surface area contributed by atoms with Gasteiger partial charge in [0.15, 0.2) is 0 Å². The van der Waals surface area contributed by atoms with Crippen molar-refractivity contribution in [2.24, 2.45) is 0 Å². The molecule has 8 nitrogen and oxygen atoms in total. The summed E-state index contributed by atoms with van der Waals surface area (Å²) in [6.45, 7) is 5.36. The second-order valence-corrected chi connectivity index (χ2v) is 6.65. The number of rotatable bonds is 6. The van der Waals surface area contributed by atoms with Crippen LogP contribution in [0.2, 0.25) is 0 Å². The lowest BCUT2D eigenvalue weighted by Gasteiger charge is -2.24. The van der Waals surface area contributed by atoms with Crippen molar-refractivity contribution < 1.29 is 13.2 Å². The smallest absolute Gasteiger partial charge is 0.291 e. The third-order valence-corrected chi connectivity index (χ3v) is 3.15. The molecule has 1 aromatic rings. The molecular weight excluding hydrogens is 270 g/mol. The van der Waals surface area contributed by atoms with Gasteiger partial charge in [-0.1, -0.05) is 6.92 Å². The van der Waals surface area contributed by atoms with Crippen LogP contribution < -0.4 is 10.0 Å². The van der Waals surface area contributed by atoms with Crippen molar-refractivity contribution in [3.05, 3.63) is 11.6 Å². The maximum Gasteiger partial charge on any atom is 0.291 e. The summed E-state index contributed by atoms with van der Waals surface area (Å²) in [6.07, 6.45) is 1.72. The zero-order chi connectivity index (χ0) is 14.7. The van der Waals surface area contributed by atoms with Crippen molar-refractivity contribution in [3.63, 3.8) is 0 Å². The molecule has 0 unspecified atom stereocenters. The minimum absolute atomic E-state index is 0.0482. The van der Waals surface area contributed by atoms with E-state index in [9.17, 15) is 13.2 Å². The Balaban J connectivity index is 2.58. The van der Waals surface area contributed by atoms with Gasteiger partial charge in [0.2, 0.25) is 15.8 Å². The molecule has 1 amide bonds. The molecule has 0 bridgehead atoms. The SMILES string of the molecule is CCc1nc(C(=O)NCC(C)(C)NS(C)(=O)=O)n[nH]1. The molecule has 1 heterocycles. The first-order valence-electron chi connectivity index (χ1n) is 5.81. The Morgan fingerprint density at radius 1 is 1.42 bits per heavy atom. The van der Waals surface area contributed by atoms with E-state index in [1.807, 2.05) is 6.92 Å². The number of nitrogens with zero attached hydrogens (tertiary/aromatic N) is 2. The van der Waals surface area contributed by atoms with Crippen LogP contribution in [0.1, 0.15) is 37.2 Å². The van der Waals surface area contributed by atoms with E-state index in [1.165, 1.54) is 0 Å². The van der Waals surface area contributed by atoms with Crippen molar-refractivity contribution in [1.82, 2.24) is 25.2 Å². The van der Waals surface area contributed by atoms with Crippen molar-refractivity contribution in [3.8, 4) is 0 Å². The Morgan fingerprint density at radius 2 is 2.05 bits per heavy atom. The fourth-order valence-corrected chi connectivity index (χ4v) is 2.55. The van der Waals surface area contributed by atoms with Crippen LogP contribution in [0.5, 0.6) is 0 Å². The summed E-state index contributed by atoms with van der Waals surface area (Å²) in [5.41, 5.74) is -0.785. The number of H-pyrrole nitrogens is 1. The molecule has 1 aromatic heterocycles. The lowest BCUT2D eigenvalue weighted by Crippen LogP contribution is -2.51. The second-order valence-electron chi connectivity index (χ2n) is 4.90. The van der Waals surface area contributed by atoms with Gasteiger partial charge in [-0.2, -0.15) is 0 Å². The highest BCUT2D eigenvalue weighted by Crippen LogP contribution is 2.02. The highest BCUT2D eigenvalue weighted by atomic mass is 32.2. The quantitative estimate of drug-likeness (QED) is 0.648. The van der Waals surface area contributed by atoms with Crippen molar-refractivity contribution in [2.75, 3.05) is 12.8 Å². The maximum absolute atomic E-state index is 11.8. The third kappa shape index (κ3) is 5.35. The molecule has 0 radical (unpaired) electrons. The number of carbonyl (C=O) groups is 1. The van der Waals surface area contributed by atoms with Gasteiger partial charge >= 0.3 is 0 Å². The fourth-order valence-electron chi connectivity index (χ4n) is 1.47. The minimum Gasteiger partial charge on any atom is -0.347 e. The predicted molar refractivity (Wildman–Crippen MR) is 70.2 cm³/mol. The number of hydrogen-bond acceptors (Lipinski definition) is 5. The summed E-state index contributed by atoms with van der Waals surface area (Å²) >= 11 is 0. The average Bonchev–Trinajstić information content (AvgIpc) is 2.71. The summed E-state index contributed by atoms with van der Waals surface area (Å²) in [4.78, 5) is 15.7. The molecule has 3 N–H and O–H groups in total. The van der Waals surface area contributed by atoms with E-state index in [0.717, 1.165) is 6.26 Å². The van der Waals surface area contributed by atoms with Crippen molar-refractivity contribution >= 4 is 15.9 Å². The van der Waals surface area contributed by atoms with Crippen molar-refractivity contribution in [2.45, 2.75) is 32.7 Å². The van der Waals surface area contributed by atoms with Crippen LogP contribution in [0.3, 0.4) is 0 Å². The standard InChI is InChI=1S/C10H19N5O3S/c1-5-7-12-8(14-13-7)9(16)11-6-10(2,3)15-19(4,17)18/h15H,5-6H2,1-4H3,(H,11,16)(H,12,13,14). The van der Waals surface area contributed by atoms with Crippen molar-refractivity contribution in [1.29, 1.82) is 0 Å². The number of sulfonamides is 1. The molecule has 9 heteroatoms. The van der Waals surface area contributed by atoms with Gasteiger partial charge < -0.3 is 5.32 Å². The number of aromatic amines is 1. The molecule has 0 aliphatic rings. The van der Waals surface area contributed by atoms with E-state index in [0.29, 0.717) is 12.2 Å². The lowest BCUT2D eigenvalue weighted by atomic mass is 10.1. The van der Waals surface area contributed by atoms with Gasteiger partial charge in [-0.15, -0.1) is 5.10 Å². The largest absolute Gasteiger partial charge is 0.347 e. The Labute approximate surface area is 112 Å². The molecule has 0 saturated carbocycles. The number of aromatic nitrogens is 3. The first-order valence-corrected chi connectivity index (χ1v) is 7.70. The van der Waals surface area contributed by atoms with Gasteiger partial charge in [-0.05, 0) is 13.8 Å². The molecule has 0 spiro atoms. The summed E-state index contributed by atoms with van der Waals surface area (Å²) in [6, 6.07) is 0. The summed E-state index contributed by atoms with van der Waals surface area (Å²) in [7, 11) is -3.33. The van der Waals surface area contributed by atoms with Crippen LogP contribution in [0.25, 0.3) is 0 Å². The van der Waals surface area contributed by atoms with E-state index in [4.69, 9.17) is 0 Å². The average molecular weight is 289 g/mol. The Bertz CT molecular complexity index is 549. The van der Waals surface area contributed by atoms with E-state index >= 15 is 0 Å². The number of carbonyl (C=O) groups excluding carboxylic acids is 1. The molecule has 0 atom stereocenters. The molecule has 0 saturated heterocycles. The van der Waals surface area contributed by atoms with Gasteiger partial charge in [-0.3, -0.25) is 9.89 Å². The molecule has 0 aliphatic carbocycles. The van der Waals surface area contributed by atoms with E-state index in [1.54, 1.807) is 13.8 Å². The van der Waals surface area contributed by atoms with Gasteiger partial charge in [0.25, 0.3) is 5.91 Å². The molecule has 0 aromatic carbocycles. The molecular formula is C10H19N5O3S. The minimum atomic E-state index is -3.33. The zero-order valence-corrected chi connectivity index (χ0v) is 12.3. The highest BCUT2D eigenvalue weighted by molar-refractivity contribution is 7.88. The molecule has 1 rings (SSSR count). The fraction of sp³-hybridized carbons (Fsp3) is 0.700. The summed E-state index contributed by atoms with van der Waals surface area (Å²) < 4.78 is 24.7. The lowest BCUT2D eigenvalue weighted by molar-refractivity contribution is 0.0934. The van der Waals surface area contributed by atoms with E-state index < -0.39 is 21.5 Å². The molecule has 0 fully saturated rings. The van der Waals surface area contributed by atoms with Crippen LogP contribution in [0.15, 0.2) is 0 Å². The normalized spacial score (nSPS) is 12.4. The molecule has 19 heavy (non-hydrogen) atoms. The summed E-state index contributed by atoms with van der Waals surface area (Å²) in [5, 5.41) is 9.00. The zero-order valence-electron chi connectivity index (χ0n) is 11.4. The van der Waals surface area contributed by atoms with Gasteiger partial charge in [0.1, 0.15) is 5.82 Å². The van der Waals surface area contributed by atoms with Crippen LogP contribution in [-0.4, -0.2) is 47.8 Å². The van der Waals surface area contributed by atoms with E-state index in [2.05, 4.69) is 25.2 Å². The maximum atomic E-state index is 11.8. The first kappa shape index (κ1) is 15.6. The van der Waals surface area contributed by atoms with Crippen LogP contribution in [-0.2, 0) is 16.4 Å². The summed E-state index contributed by atoms with van der Waals surface area (Å²) in [5.74, 6) is 0.227. The van der Waals surface area contributed by atoms with Gasteiger partial charge in [0, 0.05) is 18.5 Å². The van der Waals surface area contributed by atoms with Crippen LogP contribution in [0.4, 0.5) is 0 Å². The van der Waals surface area contributed by atoms with Gasteiger partial charge in [-0.25, -0.2) is 18.1 Å². The Morgan fingerprint density at radius 3 is 2.53 bits per heavy atom. The number of hydrogen-bond donors (Lipinski definition) is 3. The first-order chi connectivity index (χ1) is 8.63. The number of nitrogens with one attached hydrogen (secondary N) is 3. The van der Waals surface area contributed by atoms with E-state index in [-0.39, 0.29) is 12.4 Å². The van der Waals surface area contributed by atoms with Crippen LogP contribution in [0, 0.1) is 0 Å². The highest BCUT2D eigenvalue weighted by Gasteiger charge is 2.23. The molecule has 0 aliphatic heterocycles.